The van der Waals surface area contributed by atoms with Crippen LogP contribution in [-0.2, 0) is 11.2 Å². The molecule has 5 heterocycles. The van der Waals surface area contributed by atoms with Gasteiger partial charge in [-0.05, 0) is 73.2 Å². The van der Waals surface area contributed by atoms with E-state index in [1.54, 1.807) is 6.07 Å². The second kappa shape index (κ2) is 11.6. The van der Waals surface area contributed by atoms with Crippen molar-refractivity contribution in [1.29, 1.82) is 0 Å². The molecule has 0 spiro atoms. The molecule has 236 valence electrons. The van der Waals surface area contributed by atoms with Crippen LogP contribution in [0.5, 0.6) is 11.8 Å². The molecule has 0 aliphatic carbocycles. The highest BCUT2D eigenvalue weighted by atomic mass is 19.1. The van der Waals surface area contributed by atoms with E-state index in [-0.39, 0.29) is 47.1 Å². The fourth-order valence-electron chi connectivity index (χ4n) is 7.36. The lowest BCUT2D eigenvalue weighted by atomic mass is 9.94. The molecule has 4 aromatic rings. The van der Waals surface area contributed by atoms with Gasteiger partial charge in [-0.25, -0.2) is 13.2 Å². The number of phenols is 1. The number of nitrogens with zero attached hydrogens (tertiary/aromatic N) is 4. The zero-order valence-corrected chi connectivity index (χ0v) is 25.0. The monoisotopic (exact) mass is 620 g/mol. The number of aryl methyl sites for hydroxylation is 1. The van der Waals surface area contributed by atoms with Crippen molar-refractivity contribution in [2.24, 2.45) is 0 Å². The summed E-state index contributed by atoms with van der Waals surface area (Å²) in [5, 5.41) is 18.0. The van der Waals surface area contributed by atoms with Gasteiger partial charge < -0.3 is 20.5 Å². The Hall–Kier alpha value is -4.19. The van der Waals surface area contributed by atoms with Gasteiger partial charge in [-0.2, -0.15) is 9.97 Å². The van der Waals surface area contributed by atoms with Crippen molar-refractivity contribution < 1.29 is 27.8 Å². The average Bonchev–Trinajstić information content (AvgIpc) is 3.69. The first-order valence-corrected chi connectivity index (χ1v) is 15.6. The molecular weight excluding hydrogens is 585 g/mol. The predicted octanol–water partition coefficient (Wildman–Crippen LogP) is 5.43. The van der Waals surface area contributed by atoms with Gasteiger partial charge in [0, 0.05) is 43.7 Å². The molecule has 0 radical (unpaired) electrons. The van der Waals surface area contributed by atoms with E-state index in [0.717, 1.165) is 25.8 Å². The van der Waals surface area contributed by atoms with Crippen molar-refractivity contribution >= 4 is 33.4 Å². The molecule has 3 saturated heterocycles. The SMILES string of the molecule is CCc1c(F)ccc2cc(O)cc(-c3ncc4c(NCCC5CCC(=O)N5)nc(OC[C@@]56CCCN5C[C@H](F)C6)nc4c3F)c12. The second-order valence-corrected chi connectivity index (χ2v) is 12.4. The number of alkyl halides is 1. The number of aromatic hydroxyl groups is 1. The lowest BCUT2D eigenvalue weighted by Gasteiger charge is -2.30. The molecule has 3 atom stereocenters. The number of pyridine rings is 1. The zero-order chi connectivity index (χ0) is 31.3. The molecule has 0 bridgehead atoms. The van der Waals surface area contributed by atoms with Gasteiger partial charge in [-0.1, -0.05) is 13.0 Å². The largest absolute Gasteiger partial charge is 0.508 e. The Bertz CT molecular complexity index is 1810. The number of hydrogen-bond donors (Lipinski definition) is 3. The normalized spacial score (nSPS) is 23.2. The van der Waals surface area contributed by atoms with E-state index in [1.165, 1.54) is 24.4 Å². The molecule has 2 aromatic heterocycles. The molecule has 0 saturated carbocycles. The molecule has 2 aromatic carbocycles. The standard InChI is InChI=1S/C33H35F3N6O3/c1-2-22-25(35)6-4-18-12-21(43)13-23(27(18)22)29-28(36)30-24(15-38-29)31(37-10-8-20-5-7-26(44)39-20)41-32(40-30)45-17-33-9-3-11-42(33)16-19(34)14-33/h4,6,12-13,15,19-20,43H,2-3,5,7-11,14,16-17H2,1H3,(H,39,44)(H,37,40,41)/t19-,20?,33+/m1/s1. The van der Waals surface area contributed by atoms with Gasteiger partial charge in [0.15, 0.2) is 5.82 Å². The van der Waals surface area contributed by atoms with Crippen LogP contribution in [0, 0.1) is 11.6 Å². The predicted molar refractivity (Wildman–Crippen MR) is 164 cm³/mol. The molecule has 3 N–H and O–H groups in total. The third kappa shape index (κ3) is 5.38. The summed E-state index contributed by atoms with van der Waals surface area (Å²) in [6.45, 7) is 3.59. The van der Waals surface area contributed by atoms with Crippen molar-refractivity contribution in [2.75, 3.05) is 31.6 Å². The van der Waals surface area contributed by atoms with E-state index in [2.05, 4.69) is 30.5 Å². The number of halogens is 3. The van der Waals surface area contributed by atoms with E-state index in [9.17, 15) is 18.7 Å². The number of hydrogen-bond acceptors (Lipinski definition) is 8. The Morgan fingerprint density at radius 1 is 1.24 bits per heavy atom. The Kier molecular flexibility index (Phi) is 7.63. The summed E-state index contributed by atoms with van der Waals surface area (Å²) in [7, 11) is 0. The summed E-state index contributed by atoms with van der Waals surface area (Å²) in [5.74, 6) is -0.967. The maximum atomic E-state index is 16.6. The van der Waals surface area contributed by atoms with Gasteiger partial charge in [-0.3, -0.25) is 14.7 Å². The van der Waals surface area contributed by atoms with Crippen LogP contribution in [0.1, 0.15) is 51.0 Å². The lowest BCUT2D eigenvalue weighted by molar-refractivity contribution is -0.119. The third-order valence-corrected chi connectivity index (χ3v) is 9.53. The number of rotatable bonds is 9. The quantitative estimate of drug-likeness (QED) is 0.227. The molecule has 1 unspecified atom stereocenters. The maximum absolute atomic E-state index is 16.6. The summed E-state index contributed by atoms with van der Waals surface area (Å²) >= 11 is 0. The smallest absolute Gasteiger partial charge is 0.319 e. The molecule has 3 fully saturated rings. The van der Waals surface area contributed by atoms with Crippen molar-refractivity contribution in [3.63, 3.8) is 0 Å². The van der Waals surface area contributed by atoms with Crippen LogP contribution in [0.3, 0.4) is 0 Å². The van der Waals surface area contributed by atoms with Crippen LogP contribution in [0.25, 0.3) is 32.9 Å². The number of anilines is 1. The van der Waals surface area contributed by atoms with Crippen molar-refractivity contribution in [3.8, 4) is 23.0 Å². The van der Waals surface area contributed by atoms with Crippen LogP contribution in [0.2, 0.25) is 0 Å². The highest BCUT2D eigenvalue weighted by Gasteiger charge is 2.49. The molecule has 9 nitrogen and oxygen atoms in total. The minimum absolute atomic E-state index is 0.0234. The van der Waals surface area contributed by atoms with Crippen LogP contribution < -0.4 is 15.4 Å². The van der Waals surface area contributed by atoms with E-state index < -0.39 is 23.3 Å². The Balaban J connectivity index is 1.29. The average molecular weight is 621 g/mol. The van der Waals surface area contributed by atoms with Gasteiger partial charge in [0.25, 0.3) is 0 Å². The number of carbonyl (C=O) groups is 1. The third-order valence-electron chi connectivity index (χ3n) is 9.53. The first-order valence-electron chi connectivity index (χ1n) is 15.6. The van der Waals surface area contributed by atoms with E-state index in [1.807, 2.05) is 6.92 Å². The molecule has 12 heteroatoms. The lowest BCUT2D eigenvalue weighted by Crippen LogP contribution is -2.43. The van der Waals surface area contributed by atoms with Crippen molar-refractivity contribution in [3.05, 3.63) is 47.7 Å². The van der Waals surface area contributed by atoms with Crippen LogP contribution in [0.4, 0.5) is 19.0 Å². The minimum atomic E-state index is -0.930. The molecule has 7 rings (SSSR count). The van der Waals surface area contributed by atoms with Gasteiger partial charge in [0.1, 0.15) is 41.4 Å². The van der Waals surface area contributed by atoms with Crippen LogP contribution >= 0.6 is 0 Å². The summed E-state index contributed by atoms with van der Waals surface area (Å²) in [6.07, 6.45) is 4.85. The topological polar surface area (TPSA) is 112 Å². The van der Waals surface area contributed by atoms with E-state index >= 15 is 4.39 Å². The van der Waals surface area contributed by atoms with Gasteiger partial charge in [0.05, 0.1) is 10.9 Å². The molecule has 3 aliphatic heterocycles. The number of aromatic nitrogens is 3. The fourth-order valence-corrected chi connectivity index (χ4v) is 7.36. The van der Waals surface area contributed by atoms with Crippen LogP contribution in [0.15, 0.2) is 30.5 Å². The molecular formula is C33H35F3N6O3. The number of amides is 1. The summed E-state index contributed by atoms with van der Waals surface area (Å²) in [4.78, 5) is 27.3. The molecule has 3 aliphatic rings. The summed E-state index contributed by atoms with van der Waals surface area (Å²) < 4.78 is 52.0. The molecule has 45 heavy (non-hydrogen) atoms. The number of ether oxygens (including phenoxy) is 1. The number of phenolic OH excluding ortho intramolecular Hbond substituents is 1. The van der Waals surface area contributed by atoms with E-state index in [4.69, 9.17) is 4.74 Å². The number of fused-ring (bicyclic) bond motifs is 3. The van der Waals surface area contributed by atoms with E-state index in [0.29, 0.717) is 66.3 Å². The maximum Gasteiger partial charge on any atom is 0.319 e. The Morgan fingerprint density at radius 2 is 2.11 bits per heavy atom. The Morgan fingerprint density at radius 3 is 2.91 bits per heavy atom. The first kappa shape index (κ1) is 29.5. The van der Waals surface area contributed by atoms with Crippen molar-refractivity contribution in [2.45, 2.75) is 69.6 Å². The van der Waals surface area contributed by atoms with Gasteiger partial charge in [-0.15, -0.1) is 0 Å². The highest BCUT2D eigenvalue weighted by Crippen LogP contribution is 2.41. The second-order valence-electron chi connectivity index (χ2n) is 12.4. The molecule has 1 amide bonds. The van der Waals surface area contributed by atoms with Crippen LogP contribution in [-0.4, -0.2) is 74.9 Å². The summed E-state index contributed by atoms with van der Waals surface area (Å²) in [5.41, 5.74) is 0.0381. The highest BCUT2D eigenvalue weighted by molar-refractivity contribution is 6.01. The van der Waals surface area contributed by atoms with Gasteiger partial charge >= 0.3 is 6.01 Å². The van der Waals surface area contributed by atoms with Crippen molar-refractivity contribution in [1.82, 2.24) is 25.2 Å². The number of carbonyl (C=O) groups excluding carboxylic acids is 1. The summed E-state index contributed by atoms with van der Waals surface area (Å²) in [6, 6.07) is 5.75. The zero-order valence-electron chi connectivity index (χ0n) is 25.0. The number of nitrogens with one attached hydrogen (secondary N) is 2. The van der Waals surface area contributed by atoms with Gasteiger partial charge in [0.2, 0.25) is 5.91 Å². The Labute approximate surface area is 258 Å². The minimum Gasteiger partial charge on any atom is -0.508 e. The first-order chi connectivity index (χ1) is 21.7. The fraction of sp³-hybridized carbons (Fsp3) is 0.455. The number of benzene rings is 2.